The highest BCUT2D eigenvalue weighted by Gasteiger charge is 2.33. The third kappa shape index (κ3) is 4.58. The molecule has 1 unspecified atom stereocenters. The summed E-state index contributed by atoms with van der Waals surface area (Å²) in [5, 5.41) is 12.6. The van der Waals surface area contributed by atoms with Gasteiger partial charge in [-0.1, -0.05) is 30.3 Å². The number of ether oxygens (including phenoxy) is 1. The molecule has 5 heteroatoms. The number of hydrogen-bond donors (Lipinski definition) is 1. The molecule has 0 bridgehead atoms. The van der Waals surface area contributed by atoms with Crippen LogP contribution in [0.4, 0.5) is 8.78 Å². The molecule has 0 saturated carbocycles. The van der Waals surface area contributed by atoms with E-state index in [-0.39, 0.29) is 12.6 Å². The molecular formula is C14H18F2N2O. The van der Waals surface area contributed by atoms with Crippen molar-refractivity contribution in [2.45, 2.75) is 31.9 Å². The van der Waals surface area contributed by atoms with Crippen LogP contribution >= 0.6 is 0 Å². The summed E-state index contributed by atoms with van der Waals surface area (Å²) in [7, 11) is 0. The molecule has 0 heterocycles. The van der Waals surface area contributed by atoms with Crippen LogP contribution in [-0.4, -0.2) is 25.7 Å². The van der Waals surface area contributed by atoms with Gasteiger partial charge in [0, 0.05) is 6.04 Å². The van der Waals surface area contributed by atoms with Gasteiger partial charge >= 0.3 is 0 Å². The molecule has 0 aliphatic heterocycles. The molecule has 0 spiro atoms. The molecule has 104 valence electrons. The number of rotatable bonds is 7. The number of nitrogens with zero attached hydrogens (tertiary/aromatic N) is 1. The summed E-state index contributed by atoms with van der Waals surface area (Å²) in [5.74, 6) is 0. The van der Waals surface area contributed by atoms with Gasteiger partial charge in [0.05, 0.1) is 12.7 Å². The number of alkyl halides is 2. The summed E-state index contributed by atoms with van der Waals surface area (Å²) in [6, 6.07) is 11.2. The van der Waals surface area contributed by atoms with Crippen molar-refractivity contribution in [1.29, 1.82) is 5.26 Å². The Morgan fingerprint density at radius 2 is 1.95 bits per heavy atom. The Hall–Kier alpha value is -1.51. The van der Waals surface area contributed by atoms with Crippen molar-refractivity contribution in [1.82, 2.24) is 5.32 Å². The minimum absolute atomic E-state index is 0.0232. The summed E-state index contributed by atoms with van der Waals surface area (Å²) >= 11 is 0. The van der Waals surface area contributed by atoms with Crippen LogP contribution in [0.3, 0.4) is 0 Å². The third-order valence-corrected chi connectivity index (χ3v) is 2.55. The topological polar surface area (TPSA) is 45.0 Å². The van der Waals surface area contributed by atoms with Gasteiger partial charge in [0.1, 0.15) is 6.61 Å². The molecule has 3 nitrogen and oxygen atoms in total. The molecule has 1 rings (SSSR count). The van der Waals surface area contributed by atoms with Crippen molar-refractivity contribution < 1.29 is 13.5 Å². The molecule has 0 aliphatic carbocycles. The zero-order valence-corrected chi connectivity index (χ0v) is 11.1. The second-order valence-electron chi connectivity index (χ2n) is 4.59. The van der Waals surface area contributed by atoms with Gasteiger partial charge in [0.15, 0.2) is 5.54 Å². The number of benzene rings is 1. The SMILES string of the molecule is CC(C)NC(C#N)(COCC(F)F)c1ccccc1. The van der Waals surface area contributed by atoms with Crippen LogP contribution in [0.5, 0.6) is 0 Å². The van der Waals surface area contributed by atoms with E-state index in [0.717, 1.165) is 0 Å². The lowest BCUT2D eigenvalue weighted by molar-refractivity contribution is -0.00122. The van der Waals surface area contributed by atoms with Crippen molar-refractivity contribution in [2.75, 3.05) is 13.2 Å². The molecule has 0 radical (unpaired) electrons. The van der Waals surface area contributed by atoms with Crippen molar-refractivity contribution >= 4 is 0 Å². The summed E-state index contributed by atoms with van der Waals surface area (Å²) in [6.07, 6.45) is -2.54. The van der Waals surface area contributed by atoms with Crippen LogP contribution in [0.1, 0.15) is 19.4 Å². The van der Waals surface area contributed by atoms with Gasteiger partial charge in [-0.25, -0.2) is 8.78 Å². The fourth-order valence-electron chi connectivity index (χ4n) is 1.85. The normalized spacial score (nSPS) is 14.4. The molecule has 1 aromatic carbocycles. The highest BCUT2D eigenvalue weighted by molar-refractivity contribution is 5.31. The van der Waals surface area contributed by atoms with E-state index in [1.165, 1.54) is 0 Å². The minimum atomic E-state index is -2.54. The van der Waals surface area contributed by atoms with Gasteiger partial charge in [0.2, 0.25) is 0 Å². The number of nitriles is 1. The predicted octanol–water partition coefficient (Wildman–Crippen LogP) is 2.69. The molecule has 1 N–H and O–H groups in total. The molecule has 1 aromatic rings. The van der Waals surface area contributed by atoms with Gasteiger partial charge in [-0.05, 0) is 19.4 Å². The Morgan fingerprint density at radius 1 is 1.32 bits per heavy atom. The van der Waals surface area contributed by atoms with E-state index >= 15 is 0 Å². The zero-order valence-electron chi connectivity index (χ0n) is 11.1. The maximum atomic E-state index is 12.2. The first-order chi connectivity index (χ1) is 9.00. The lowest BCUT2D eigenvalue weighted by Crippen LogP contribution is -2.48. The van der Waals surface area contributed by atoms with E-state index in [1.54, 1.807) is 24.3 Å². The molecule has 0 aliphatic rings. The summed E-state index contributed by atoms with van der Waals surface area (Å²) < 4.78 is 29.3. The van der Waals surface area contributed by atoms with Crippen molar-refractivity contribution in [3.8, 4) is 6.07 Å². The smallest absolute Gasteiger partial charge is 0.261 e. The largest absolute Gasteiger partial charge is 0.372 e. The highest BCUT2D eigenvalue weighted by atomic mass is 19.3. The van der Waals surface area contributed by atoms with E-state index in [9.17, 15) is 14.0 Å². The van der Waals surface area contributed by atoms with Gasteiger partial charge in [0.25, 0.3) is 6.43 Å². The Balaban J connectivity index is 2.92. The number of nitrogens with one attached hydrogen (secondary N) is 1. The van der Waals surface area contributed by atoms with E-state index < -0.39 is 18.6 Å². The Labute approximate surface area is 112 Å². The number of halogens is 2. The van der Waals surface area contributed by atoms with Gasteiger partial charge in [-0.15, -0.1) is 0 Å². The highest BCUT2D eigenvalue weighted by Crippen LogP contribution is 2.22. The second kappa shape index (κ2) is 7.17. The lowest BCUT2D eigenvalue weighted by atomic mass is 9.91. The van der Waals surface area contributed by atoms with Crippen LogP contribution in [0.2, 0.25) is 0 Å². The quantitative estimate of drug-likeness (QED) is 0.827. The third-order valence-electron chi connectivity index (χ3n) is 2.55. The van der Waals surface area contributed by atoms with Crippen LogP contribution in [0.25, 0.3) is 0 Å². The van der Waals surface area contributed by atoms with Crippen molar-refractivity contribution in [3.05, 3.63) is 35.9 Å². The monoisotopic (exact) mass is 268 g/mol. The van der Waals surface area contributed by atoms with Crippen LogP contribution in [-0.2, 0) is 10.3 Å². The van der Waals surface area contributed by atoms with E-state index in [2.05, 4.69) is 11.4 Å². The zero-order chi connectivity index (χ0) is 14.3. The molecule has 0 aromatic heterocycles. The average Bonchev–Trinajstić information content (AvgIpc) is 2.37. The predicted molar refractivity (Wildman–Crippen MR) is 68.8 cm³/mol. The van der Waals surface area contributed by atoms with Crippen molar-refractivity contribution in [3.63, 3.8) is 0 Å². The van der Waals surface area contributed by atoms with Gasteiger partial charge in [-0.3, -0.25) is 5.32 Å². The summed E-state index contributed by atoms with van der Waals surface area (Å²) in [4.78, 5) is 0. The molecule has 1 atom stereocenters. The Bertz CT molecular complexity index is 417. The minimum Gasteiger partial charge on any atom is -0.372 e. The van der Waals surface area contributed by atoms with Crippen molar-refractivity contribution in [2.24, 2.45) is 0 Å². The van der Waals surface area contributed by atoms with Crippen LogP contribution < -0.4 is 5.32 Å². The van der Waals surface area contributed by atoms with Gasteiger partial charge in [-0.2, -0.15) is 5.26 Å². The molecule has 19 heavy (non-hydrogen) atoms. The van der Waals surface area contributed by atoms with E-state index in [4.69, 9.17) is 4.74 Å². The maximum absolute atomic E-state index is 12.2. The fourth-order valence-corrected chi connectivity index (χ4v) is 1.85. The Morgan fingerprint density at radius 3 is 2.42 bits per heavy atom. The second-order valence-corrected chi connectivity index (χ2v) is 4.59. The fraction of sp³-hybridized carbons (Fsp3) is 0.500. The van der Waals surface area contributed by atoms with Crippen LogP contribution in [0.15, 0.2) is 30.3 Å². The molecule has 0 amide bonds. The first-order valence-electron chi connectivity index (χ1n) is 6.10. The van der Waals surface area contributed by atoms with E-state index in [0.29, 0.717) is 5.56 Å². The van der Waals surface area contributed by atoms with Crippen LogP contribution in [0, 0.1) is 11.3 Å². The van der Waals surface area contributed by atoms with Gasteiger partial charge < -0.3 is 4.74 Å². The molecule has 0 saturated heterocycles. The van der Waals surface area contributed by atoms with E-state index in [1.807, 2.05) is 19.9 Å². The lowest BCUT2D eigenvalue weighted by Gasteiger charge is -2.30. The summed E-state index contributed by atoms with van der Waals surface area (Å²) in [5.41, 5.74) is -0.398. The number of hydrogen-bond acceptors (Lipinski definition) is 3. The average molecular weight is 268 g/mol. The first kappa shape index (κ1) is 15.5. The first-order valence-corrected chi connectivity index (χ1v) is 6.10. The maximum Gasteiger partial charge on any atom is 0.261 e. The summed E-state index contributed by atoms with van der Waals surface area (Å²) in [6.45, 7) is 3.00. The standard InChI is InChI=1S/C14H18F2N2O/c1-11(2)18-14(9-17,10-19-8-13(15)16)12-6-4-3-5-7-12/h3-7,11,13,18H,8,10H2,1-2H3. The molecular weight excluding hydrogens is 250 g/mol. The Kier molecular flexibility index (Phi) is 5.87. The molecule has 0 fully saturated rings.